The fraction of sp³-hybridized carbons (Fsp3) is 0.211. The molecule has 4 heterocycles. The number of pyridine rings is 1. The molecule has 1 aliphatic heterocycles. The van der Waals surface area contributed by atoms with Crippen molar-refractivity contribution in [2.24, 2.45) is 0 Å². The average Bonchev–Trinajstić information content (AvgIpc) is 3.27. The minimum atomic E-state index is -0.589. The topological polar surface area (TPSA) is 80.2 Å². The Labute approximate surface area is 157 Å². The van der Waals surface area contributed by atoms with Gasteiger partial charge in [0.25, 0.3) is 0 Å². The second-order valence-corrected chi connectivity index (χ2v) is 7.38. The molecule has 0 aliphatic carbocycles. The highest BCUT2D eigenvalue weighted by atomic mass is 32.1. The van der Waals surface area contributed by atoms with Crippen LogP contribution in [0.2, 0.25) is 0 Å². The Morgan fingerprint density at radius 3 is 2.93 bits per heavy atom. The maximum Gasteiger partial charge on any atom is 0.158 e. The number of fused-ring (bicyclic) bond motifs is 2. The van der Waals surface area contributed by atoms with E-state index in [0.29, 0.717) is 30.1 Å². The Hall–Kier alpha value is -2.68. The first-order valence-corrected chi connectivity index (χ1v) is 9.38. The molecule has 1 fully saturated rings. The van der Waals surface area contributed by atoms with E-state index in [9.17, 15) is 9.50 Å². The summed E-state index contributed by atoms with van der Waals surface area (Å²) in [6.45, 7) is 0.712. The number of thiophene rings is 1. The van der Waals surface area contributed by atoms with Crippen molar-refractivity contribution in [2.75, 3.05) is 18.5 Å². The molecule has 1 aromatic carbocycles. The van der Waals surface area contributed by atoms with Crippen LogP contribution >= 0.6 is 11.3 Å². The van der Waals surface area contributed by atoms with E-state index in [2.05, 4.69) is 20.5 Å². The van der Waals surface area contributed by atoms with E-state index in [4.69, 9.17) is 4.74 Å². The van der Waals surface area contributed by atoms with Crippen LogP contribution in [0.1, 0.15) is 0 Å². The van der Waals surface area contributed by atoms with Crippen LogP contribution in [0.25, 0.3) is 32.1 Å². The first-order chi connectivity index (χ1) is 13.2. The molecule has 0 radical (unpaired) electrons. The van der Waals surface area contributed by atoms with Crippen molar-refractivity contribution in [3.63, 3.8) is 0 Å². The van der Waals surface area contributed by atoms with Crippen molar-refractivity contribution >= 4 is 38.0 Å². The van der Waals surface area contributed by atoms with Crippen LogP contribution in [0.5, 0.6) is 0 Å². The lowest BCUT2D eigenvalue weighted by molar-refractivity contribution is 0.125. The minimum Gasteiger partial charge on any atom is -0.388 e. The van der Waals surface area contributed by atoms with E-state index in [1.807, 2.05) is 18.2 Å². The average molecular weight is 382 g/mol. The summed E-state index contributed by atoms with van der Waals surface area (Å²) in [6, 6.07) is 7.19. The summed E-state index contributed by atoms with van der Waals surface area (Å²) in [5, 5.41) is 25.7. The first-order valence-electron chi connectivity index (χ1n) is 8.50. The fourth-order valence-corrected chi connectivity index (χ4v) is 4.16. The van der Waals surface area contributed by atoms with E-state index in [1.165, 1.54) is 16.7 Å². The Balaban J connectivity index is 1.61. The van der Waals surface area contributed by atoms with Gasteiger partial charge < -0.3 is 15.2 Å². The van der Waals surface area contributed by atoms with Gasteiger partial charge in [-0.15, -0.1) is 21.5 Å². The molecule has 8 heteroatoms. The van der Waals surface area contributed by atoms with Gasteiger partial charge in [-0.05, 0) is 18.2 Å². The van der Waals surface area contributed by atoms with Crippen LogP contribution in [0.4, 0.5) is 10.2 Å². The molecule has 3 aromatic heterocycles. The van der Waals surface area contributed by atoms with E-state index >= 15 is 0 Å². The quantitative estimate of drug-likeness (QED) is 0.566. The van der Waals surface area contributed by atoms with Crippen LogP contribution < -0.4 is 5.32 Å². The summed E-state index contributed by atoms with van der Waals surface area (Å²) in [7, 11) is 0. The second-order valence-electron chi connectivity index (χ2n) is 6.47. The maximum absolute atomic E-state index is 13.7. The van der Waals surface area contributed by atoms with E-state index in [1.54, 1.807) is 18.5 Å². The van der Waals surface area contributed by atoms with Crippen LogP contribution in [0.15, 0.2) is 42.0 Å². The molecule has 0 amide bonds. The van der Waals surface area contributed by atoms with Gasteiger partial charge in [0.2, 0.25) is 0 Å². The standard InChI is InChI=1S/C19H15FN4O2S/c20-14-9-27-17-5-10(1-2-12(14)17)18-11-3-4-21-6-13(11)19(24-23-18)22-15-7-26-8-16(15)25/h1-6,9,15-16,25H,7-8H2,(H,22,24)/t15-,16-/m1/s1. The molecule has 4 aromatic rings. The molecule has 0 spiro atoms. The van der Waals surface area contributed by atoms with Gasteiger partial charge in [-0.2, -0.15) is 0 Å². The third kappa shape index (κ3) is 2.82. The predicted molar refractivity (Wildman–Crippen MR) is 102 cm³/mol. The van der Waals surface area contributed by atoms with Crippen molar-refractivity contribution in [1.82, 2.24) is 15.2 Å². The van der Waals surface area contributed by atoms with Gasteiger partial charge in [0.1, 0.15) is 11.5 Å². The van der Waals surface area contributed by atoms with Crippen molar-refractivity contribution < 1.29 is 14.2 Å². The number of ether oxygens (including phenoxy) is 1. The van der Waals surface area contributed by atoms with Crippen LogP contribution in [0, 0.1) is 5.82 Å². The SMILES string of the molecule is O[C@@H]1COC[C@H]1Nc1nnc(-c2ccc3c(F)csc3c2)c2ccncc12. The minimum absolute atomic E-state index is 0.210. The number of aliphatic hydroxyl groups is 1. The highest BCUT2D eigenvalue weighted by Gasteiger charge is 2.27. The molecular formula is C19H15FN4O2S. The Kier molecular flexibility index (Phi) is 3.96. The number of hydrogen-bond acceptors (Lipinski definition) is 7. The van der Waals surface area contributed by atoms with Gasteiger partial charge in [0.15, 0.2) is 5.82 Å². The highest BCUT2D eigenvalue weighted by Crippen LogP contribution is 2.33. The summed E-state index contributed by atoms with van der Waals surface area (Å²) in [5.74, 6) is 0.346. The van der Waals surface area contributed by atoms with Gasteiger partial charge in [-0.25, -0.2) is 4.39 Å². The van der Waals surface area contributed by atoms with Gasteiger partial charge in [-0.3, -0.25) is 4.98 Å². The van der Waals surface area contributed by atoms with Gasteiger partial charge in [-0.1, -0.05) is 6.07 Å². The molecule has 2 N–H and O–H groups in total. The molecule has 1 aliphatic rings. The highest BCUT2D eigenvalue weighted by molar-refractivity contribution is 7.17. The summed E-state index contributed by atoms with van der Waals surface area (Å²) >= 11 is 1.36. The fourth-order valence-electron chi connectivity index (χ4n) is 3.32. The third-order valence-electron chi connectivity index (χ3n) is 4.76. The smallest absolute Gasteiger partial charge is 0.158 e. The molecular weight excluding hydrogens is 367 g/mol. The van der Waals surface area contributed by atoms with Gasteiger partial charge in [0.05, 0.1) is 25.4 Å². The summed E-state index contributed by atoms with van der Waals surface area (Å²) in [4.78, 5) is 4.21. The molecule has 1 saturated heterocycles. The largest absolute Gasteiger partial charge is 0.388 e. The number of rotatable bonds is 3. The van der Waals surface area contributed by atoms with Crippen molar-refractivity contribution in [3.05, 3.63) is 47.9 Å². The predicted octanol–water partition coefficient (Wildman–Crippen LogP) is 3.22. The normalized spacial score (nSPS) is 19.8. The number of benzene rings is 1. The van der Waals surface area contributed by atoms with Crippen LogP contribution in [0.3, 0.4) is 0 Å². The molecule has 136 valence electrons. The molecule has 5 rings (SSSR count). The van der Waals surface area contributed by atoms with E-state index < -0.39 is 6.10 Å². The molecule has 2 atom stereocenters. The number of hydrogen-bond donors (Lipinski definition) is 2. The Morgan fingerprint density at radius 2 is 2.07 bits per heavy atom. The molecule has 27 heavy (non-hydrogen) atoms. The second kappa shape index (κ2) is 6.49. The van der Waals surface area contributed by atoms with E-state index in [-0.39, 0.29) is 11.9 Å². The molecule has 0 unspecified atom stereocenters. The number of anilines is 1. The molecule has 0 saturated carbocycles. The van der Waals surface area contributed by atoms with Gasteiger partial charge >= 0.3 is 0 Å². The lowest BCUT2D eigenvalue weighted by Gasteiger charge is -2.17. The number of nitrogens with one attached hydrogen (secondary N) is 1. The lowest BCUT2D eigenvalue weighted by atomic mass is 10.0. The lowest BCUT2D eigenvalue weighted by Crippen LogP contribution is -2.32. The third-order valence-corrected chi connectivity index (χ3v) is 5.67. The Morgan fingerprint density at radius 1 is 1.15 bits per heavy atom. The Bertz CT molecular complexity index is 1150. The van der Waals surface area contributed by atoms with Crippen molar-refractivity contribution in [1.29, 1.82) is 0 Å². The van der Waals surface area contributed by atoms with Crippen molar-refractivity contribution in [2.45, 2.75) is 12.1 Å². The zero-order chi connectivity index (χ0) is 18.4. The summed E-state index contributed by atoms with van der Waals surface area (Å²) < 4.78 is 19.9. The number of aromatic nitrogens is 3. The zero-order valence-electron chi connectivity index (χ0n) is 14.1. The number of aliphatic hydroxyl groups excluding tert-OH is 1. The maximum atomic E-state index is 13.7. The van der Waals surface area contributed by atoms with Crippen molar-refractivity contribution in [3.8, 4) is 11.3 Å². The first kappa shape index (κ1) is 16.5. The number of halogens is 1. The molecule has 0 bridgehead atoms. The number of nitrogens with zero attached hydrogens (tertiary/aromatic N) is 3. The van der Waals surface area contributed by atoms with Gasteiger partial charge in [0, 0.05) is 44.2 Å². The van der Waals surface area contributed by atoms with Crippen LogP contribution in [-0.4, -0.2) is 45.6 Å². The summed E-state index contributed by atoms with van der Waals surface area (Å²) in [5.41, 5.74) is 1.57. The monoisotopic (exact) mass is 382 g/mol. The zero-order valence-corrected chi connectivity index (χ0v) is 14.9. The summed E-state index contributed by atoms with van der Waals surface area (Å²) in [6.07, 6.45) is 2.84. The van der Waals surface area contributed by atoms with Crippen LogP contribution in [-0.2, 0) is 4.74 Å². The van der Waals surface area contributed by atoms with E-state index in [0.717, 1.165) is 21.0 Å². The molecule has 6 nitrogen and oxygen atoms in total.